The number of hydrogen-bond donors (Lipinski definition) is 4. The number of aliphatic hydroxyl groups is 2. The first-order chi connectivity index (χ1) is 16.5. The summed E-state index contributed by atoms with van der Waals surface area (Å²) in [6, 6.07) is 15.8. The summed E-state index contributed by atoms with van der Waals surface area (Å²) in [5.41, 5.74) is 2.77. The second-order valence-electron chi connectivity index (χ2n) is 7.28. The van der Waals surface area contributed by atoms with Crippen LogP contribution in [0.5, 0.6) is 5.75 Å². The van der Waals surface area contributed by atoms with Crippen LogP contribution in [0.1, 0.15) is 15.9 Å². The van der Waals surface area contributed by atoms with Crippen molar-refractivity contribution in [1.82, 2.24) is 15.6 Å². The number of nitrogens with one attached hydrogen (secondary N) is 2. The smallest absolute Gasteiger partial charge is 0.252 e. The van der Waals surface area contributed by atoms with Gasteiger partial charge in [0.2, 0.25) is 0 Å². The van der Waals surface area contributed by atoms with Gasteiger partial charge in [-0.05, 0) is 53.1 Å². The lowest BCUT2D eigenvalue weighted by Crippen LogP contribution is -2.52. The molecule has 0 bridgehead atoms. The number of rotatable bonds is 11. The van der Waals surface area contributed by atoms with E-state index in [1.807, 2.05) is 12.1 Å². The molecule has 1 aromatic heterocycles. The minimum absolute atomic E-state index is 0.0670. The lowest BCUT2D eigenvalue weighted by atomic mass is 10.0. The summed E-state index contributed by atoms with van der Waals surface area (Å²) in [6.07, 6.45) is 3.14. The Balaban J connectivity index is 1.64. The highest BCUT2D eigenvalue weighted by Gasteiger charge is 2.28. The topological polar surface area (TPSA) is 138 Å². The third-order valence-corrected chi connectivity index (χ3v) is 4.93. The van der Waals surface area contributed by atoms with Crippen LogP contribution in [0.2, 0.25) is 0 Å². The first-order valence-corrected chi connectivity index (χ1v) is 10.6. The molecule has 0 saturated heterocycles. The summed E-state index contributed by atoms with van der Waals surface area (Å²) in [7, 11) is 0. The maximum atomic E-state index is 12.7. The molecule has 34 heavy (non-hydrogen) atoms. The predicted molar refractivity (Wildman–Crippen MR) is 124 cm³/mol. The molecule has 0 saturated carbocycles. The summed E-state index contributed by atoms with van der Waals surface area (Å²) < 4.78 is 5.34. The first kappa shape index (κ1) is 24.6. The van der Waals surface area contributed by atoms with E-state index in [9.17, 15) is 19.5 Å². The number of amides is 2. The van der Waals surface area contributed by atoms with Crippen LogP contribution in [0.4, 0.5) is 0 Å². The average Bonchev–Trinajstić information content (AvgIpc) is 2.89. The Bertz CT molecular complexity index is 1100. The number of aliphatic hydroxyl groups excluding tert-OH is 2. The Kier molecular flexibility index (Phi) is 8.84. The predicted octanol–water partition coefficient (Wildman–Crippen LogP) is 1.10. The number of carbonyl (C=O) groups excluding carboxylic acids is 3. The van der Waals surface area contributed by atoms with E-state index in [-0.39, 0.29) is 25.3 Å². The van der Waals surface area contributed by atoms with Crippen LogP contribution < -0.4 is 15.4 Å². The second kappa shape index (κ2) is 12.2. The zero-order valence-electron chi connectivity index (χ0n) is 18.3. The SMILES string of the molecule is O=C(NC(C(=O)CO)C(=O)NCc1ccncc1)c1ccc(-c2ccc(OCCO)cc2)cc1. The molecule has 3 aromatic rings. The van der Waals surface area contributed by atoms with Gasteiger partial charge >= 0.3 is 0 Å². The van der Waals surface area contributed by atoms with E-state index in [1.165, 1.54) is 0 Å². The molecule has 0 fully saturated rings. The van der Waals surface area contributed by atoms with Crippen molar-refractivity contribution in [3.8, 4) is 16.9 Å². The monoisotopic (exact) mass is 463 g/mol. The molecule has 3 rings (SSSR count). The summed E-state index contributed by atoms with van der Waals surface area (Å²) in [6.45, 7) is -0.595. The van der Waals surface area contributed by atoms with Gasteiger partial charge in [0.1, 0.15) is 19.0 Å². The fraction of sp³-hybridized carbons (Fsp3) is 0.200. The standard InChI is InChI=1S/C25H25N3O6/c29-13-14-34-21-7-5-19(6-8-21)18-1-3-20(4-2-18)24(32)28-23(22(31)16-30)25(33)27-15-17-9-11-26-12-10-17/h1-12,23,29-30H,13-16H2,(H,27,33)(H,28,32). The molecule has 1 unspecified atom stereocenters. The Hall–Kier alpha value is -4.08. The van der Waals surface area contributed by atoms with Gasteiger partial charge < -0.3 is 25.6 Å². The second-order valence-corrected chi connectivity index (χ2v) is 7.28. The number of ketones is 1. The van der Waals surface area contributed by atoms with Crippen molar-refractivity contribution in [2.45, 2.75) is 12.6 Å². The van der Waals surface area contributed by atoms with Gasteiger partial charge in [-0.3, -0.25) is 19.4 Å². The molecule has 2 amide bonds. The highest BCUT2D eigenvalue weighted by Crippen LogP contribution is 2.23. The quantitative estimate of drug-likeness (QED) is 0.312. The highest BCUT2D eigenvalue weighted by molar-refractivity contribution is 6.10. The van der Waals surface area contributed by atoms with E-state index < -0.39 is 30.2 Å². The largest absolute Gasteiger partial charge is 0.491 e. The molecule has 9 nitrogen and oxygen atoms in total. The Morgan fingerprint density at radius 2 is 1.50 bits per heavy atom. The third-order valence-electron chi connectivity index (χ3n) is 4.93. The number of ether oxygens (including phenoxy) is 1. The lowest BCUT2D eigenvalue weighted by molar-refractivity contribution is -0.132. The molecule has 1 heterocycles. The zero-order chi connectivity index (χ0) is 24.3. The van der Waals surface area contributed by atoms with Crippen LogP contribution in [0.3, 0.4) is 0 Å². The molecule has 0 spiro atoms. The third kappa shape index (κ3) is 6.71. The van der Waals surface area contributed by atoms with Gasteiger partial charge in [-0.2, -0.15) is 0 Å². The summed E-state index contributed by atoms with van der Waals surface area (Å²) >= 11 is 0. The van der Waals surface area contributed by atoms with E-state index in [1.54, 1.807) is 60.9 Å². The zero-order valence-corrected chi connectivity index (χ0v) is 18.3. The maximum Gasteiger partial charge on any atom is 0.252 e. The van der Waals surface area contributed by atoms with Crippen molar-refractivity contribution >= 4 is 17.6 Å². The first-order valence-electron chi connectivity index (χ1n) is 10.6. The van der Waals surface area contributed by atoms with Gasteiger partial charge in [0.25, 0.3) is 11.8 Å². The van der Waals surface area contributed by atoms with Crippen LogP contribution in [0.15, 0.2) is 73.1 Å². The van der Waals surface area contributed by atoms with Crippen molar-refractivity contribution < 1.29 is 29.3 Å². The van der Waals surface area contributed by atoms with Crippen LogP contribution in [0.25, 0.3) is 11.1 Å². The van der Waals surface area contributed by atoms with Gasteiger partial charge in [0.05, 0.1) is 6.61 Å². The summed E-state index contributed by atoms with van der Waals surface area (Å²) in [5.74, 6) is -1.52. The number of nitrogens with zero attached hydrogens (tertiary/aromatic N) is 1. The molecule has 0 aliphatic carbocycles. The van der Waals surface area contributed by atoms with Crippen molar-refractivity contribution in [1.29, 1.82) is 0 Å². The molecule has 4 N–H and O–H groups in total. The molecule has 0 aliphatic rings. The Labute approximate surface area is 196 Å². The fourth-order valence-electron chi connectivity index (χ4n) is 3.11. The van der Waals surface area contributed by atoms with E-state index in [0.717, 1.165) is 16.7 Å². The molecule has 0 aliphatic heterocycles. The van der Waals surface area contributed by atoms with E-state index in [4.69, 9.17) is 9.84 Å². The van der Waals surface area contributed by atoms with Gasteiger partial charge in [-0.25, -0.2) is 0 Å². The Morgan fingerprint density at radius 1 is 0.882 bits per heavy atom. The van der Waals surface area contributed by atoms with Gasteiger partial charge in [0.15, 0.2) is 11.8 Å². The number of carbonyl (C=O) groups is 3. The minimum atomic E-state index is -1.52. The molecule has 9 heteroatoms. The van der Waals surface area contributed by atoms with E-state index in [0.29, 0.717) is 5.75 Å². The van der Waals surface area contributed by atoms with Crippen LogP contribution in [-0.2, 0) is 16.1 Å². The van der Waals surface area contributed by atoms with Crippen molar-refractivity contribution in [3.05, 3.63) is 84.2 Å². The van der Waals surface area contributed by atoms with Crippen LogP contribution in [-0.4, -0.2) is 58.7 Å². The number of benzene rings is 2. The number of Topliss-reactive ketones (excluding diaryl/α,β-unsaturated/α-hetero) is 1. The minimum Gasteiger partial charge on any atom is -0.491 e. The molecule has 0 radical (unpaired) electrons. The van der Waals surface area contributed by atoms with Crippen molar-refractivity contribution in [2.75, 3.05) is 19.8 Å². The van der Waals surface area contributed by atoms with Crippen molar-refractivity contribution in [3.63, 3.8) is 0 Å². The lowest BCUT2D eigenvalue weighted by Gasteiger charge is -2.17. The Morgan fingerprint density at radius 3 is 2.09 bits per heavy atom. The molecule has 176 valence electrons. The number of pyridine rings is 1. The average molecular weight is 463 g/mol. The maximum absolute atomic E-state index is 12.7. The van der Waals surface area contributed by atoms with Gasteiger partial charge in [-0.15, -0.1) is 0 Å². The van der Waals surface area contributed by atoms with Crippen molar-refractivity contribution in [2.24, 2.45) is 0 Å². The number of hydrogen-bond acceptors (Lipinski definition) is 7. The van der Waals surface area contributed by atoms with Crippen LogP contribution >= 0.6 is 0 Å². The normalized spacial score (nSPS) is 11.4. The van der Waals surface area contributed by atoms with E-state index in [2.05, 4.69) is 15.6 Å². The van der Waals surface area contributed by atoms with Gasteiger partial charge in [-0.1, -0.05) is 24.3 Å². The fourth-order valence-corrected chi connectivity index (χ4v) is 3.11. The highest BCUT2D eigenvalue weighted by atomic mass is 16.5. The molecular weight excluding hydrogens is 438 g/mol. The molecular formula is C25H25N3O6. The molecule has 2 aromatic carbocycles. The molecule has 1 atom stereocenters. The summed E-state index contributed by atoms with van der Waals surface area (Å²) in [5, 5.41) is 23.0. The van der Waals surface area contributed by atoms with E-state index >= 15 is 0 Å². The van der Waals surface area contributed by atoms with Crippen LogP contribution in [0, 0.1) is 0 Å². The number of aromatic nitrogens is 1. The van der Waals surface area contributed by atoms with Gasteiger partial charge in [0, 0.05) is 24.5 Å². The summed E-state index contributed by atoms with van der Waals surface area (Å²) in [4.78, 5) is 41.2.